The molecule has 0 aliphatic carbocycles. The van der Waals surface area contributed by atoms with Crippen molar-refractivity contribution < 1.29 is 10.2 Å². The number of hydrogen-bond acceptors (Lipinski definition) is 2. The average molecular weight is 383 g/mol. The topological polar surface area (TPSA) is 40.5 Å². The van der Waals surface area contributed by atoms with E-state index in [2.05, 4.69) is 86.6 Å². The van der Waals surface area contributed by atoms with Gasteiger partial charge in [0.05, 0.1) is 0 Å². The number of aryl methyl sites for hydroxylation is 2. The van der Waals surface area contributed by atoms with Crippen LogP contribution in [0.15, 0.2) is 24.3 Å². The predicted molar refractivity (Wildman–Crippen MR) is 120 cm³/mol. The molecule has 2 rings (SSSR count). The molecule has 0 fully saturated rings. The molecule has 154 valence electrons. The summed E-state index contributed by atoms with van der Waals surface area (Å²) in [6, 6.07) is 8.61. The lowest BCUT2D eigenvalue weighted by atomic mass is 9.79. The number of phenolic OH excluding ortho intramolecular Hbond substituents is 2. The molecule has 2 aromatic rings. The lowest BCUT2D eigenvalue weighted by Crippen LogP contribution is -2.15. The van der Waals surface area contributed by atoms with Crippen LogP contribution in [0.1, 0.15) is 102 Å². The van der Waals surface area contributed by atoms with E-state index in [9.17, 15) is 10.2 Å². The monoisotopic (exact) mass is 382 g/mol. The fourth-order valence-corrected chi connectivity index (χ4v) is 3.81. The summed E-state index contributed by atoms with van der Waals surface area (Å²) in [5.74, 6) is 1.04. The van der Waals surface area contributed by atoms with Gasteiger partial charge in [-0.2, -0.15) is 0 Å². The zero-order valence-corrected chi connectivity index (χ0v) is 19.2. The van der Waals surface area contributed by atoms with Crippen LogP contribution in [0.3, 0.4) is 0 Å². The molecule has 0 radical (unpaired) electrons. The summed E-state index contributed by atoms with van der Waals surface area (Å²) in [4.78, 5) is 0. The fourth-order valence-electron chi connectivity index (χ4n) is 3.81. The van der Waals surface area contributed by atoms with Crippen molar-refractivity contribution in [3.8, 4) is 11.5 Å². The lowest BCUT2D eigenvalue weighted by Gasteiger charge is -2.27. The van der Waals surface area contributed by atoms with Gasteiger partial charge in [-0.05, 0) is 57.1 Å². The van der Waals surface area contributed by atoms with Crippen molar-refractivity contribution in [2.75, 3.05) is 0 Å². The van der Waals surface area contributed by atoms with E-state index in [4.69, 9.17) is 0 Å². The second-order valence-electron chi connectivity index (χ2n) is 10.1. The van der Waals surface area contributed by atoms with E-state index in [1.165, 1.54) is 11.1 Å². The largest absolute Gasteiger partial charge is 0.507 e. The SMILES string of the molecule is CCc1cc(C(C)c2cc(CC)c(O)c(C(C)(C)C)c2)cc(C(C)(C)C)c1O. The van der Waals surface area contributed by atoms with Gasteiger partial charge in [0.25, 0.3) is 0 Å². The molecule has 0 atom stereocenters. The van der Waals surface area contributed by atoms with E-state index >= 15 is 0 Å². The summed E-state index contributed by atoms with van der Waals surface area (Å²) in [6.45, 7) is 19.2. The maximum atomic E-state index is 10.7. The first-order chi connectivity index (χ1) is 12.8. The van der Waals surface area contributed by atoms with Crippen LogP contribution in [0.4, 0.5) is 0 Å². The first-order valence-corrected chi connectivity index (χ1v) is 10.5. The van der Waals surface area contributed by atoms with E-state index in [0.29, 0.717) is 11.5 Å². The Morgan fingerprint density at radius 1 is 0.679 bits per heavy atom. The Morgan fingerprint density at radius 3 is 1.25 bits per heavy atom. The Kier molecular flexibility index (Phi) is 6.23. The molecule has 0 aliphatic heterocycles. The molecule has 0 saturated heterocycles. The zero-order chi connectivity index (χ0) is 21.4. The quantitative estimate of drug-likeness (QED) is 0.599. The zero-order valence-electron chi connectivity index (χ0n) is 19.2. The summed E-state index contributed by atoms with van der Waals surface area (Å²) in [5.41, 5.74) is 6.19. The van der Waals surface area contributed by atoms with Crippen LogP contribution in [-0.2, 0) is 23.7 Å². The molecule has 0 heterocycles. The molecule has 0 amide bonds. The van der Waals surface area contributed by atoms with E-state index < -0.39 is 0 Å². The van der Waals surface area contributed by atoms with Crippen LogP contribution in [0.2, 0.25) is 0 Å². The molecule has 0 unspecified atom stereocenters. The third-order valence-corrected chi connectivity index (χ3v) is 5.80. The van der Waals surface area contributed by atoms with E-state index in [1.807, 2.05) is 0 Å². The van der Waals surface area contributed by atoms with Crippen LogP contribution in [0, 0.1) is 0 Å². The molecule has 2 heteroatoms. The van der Waals surface area contributed by atoms with Gasteiger partial charge in [0, 0.05) is 5.92 Å². The maximum Gasteiger partial charge on any atom is 0.122 e. The molecule has 0 bridgehead atoms. The standard InChI is InChI=1S/C26H38O2/c1-10-17-12-19(14-21(23(17)27)25(4,5)6)16(3)20-13-18(11-2)24(28)22(15-20)26(7,8)9/h12-16,27-28H,10-11H2,1-9H3. The van der Waals surface area contributed by atoms with Crippen molar-refractivity contribution in [2.24, 2.45) is 0 Å². The third-order valence-electron chi connectivity index (χ3n) is 5.80. The Hall–Kier alpha value is -1.96. The van der Waals surface area contributed by atoms with Gasteiger partial charge in [0.1, 0.15) is 11.5 Å². The molecule has 2 N–H and O–H groups in total. The van der Waals surface area contributed by atoms with Crippen LogP contribution >= 0.6 is 0 Å². The highest BCUT2D eigenvalue weighted by atomic mass is 16.3. The highest BCUT2D eigenvalue weighted by Gasteiger charge is 2.25. The number of benzene rings is 2. The van der Waals surface area contributed by atoms with Gasteiger partial charge in [-0.15, -0.1) is 0 Å². The van der Waals surface area contributed by atoms with Crippen molar-refractivity contribution in [1.82, 2.24) is 0 Å². The number of rotatable bonds is 4. The van der Waals surface area contributed by atoms with E-state index in [-0.39, 0.29) is 16.7 Å². The number of aromatic hydroxyl groups is 2. The van der Waals surface area contributed by atoms with Gasteiger partial charge in [0.2, 0.25) is 0 Å². The van der Waals surface area contributed by atoms with Crippen molar-refractivity contribution in [2.45, 2.75) is 91.9 Å². The van der Waals surface area contributed by atoms with Gasteiger partial charge in [-0.3, -0.25) is 0 Å². The second-order valence-corrected chi connectivity index (χ2v) is 10.1. The molecule has 2 nitrogen and oxygen atoms in total. The van der Waals surface area contributed by atoms with Crippen molar-refractivity contribution in [3.05, 3.63) is 57.6 Å². The van der Waals surface area contributed by atoms with Gasteiger partial charge in [0.15, 0.2) is 0 Å². The van der Waals surface area contributed by atoms with E-state index in [1.54, 1.807) is 0 Å². The van der Waals surface area contributed by atoms with Crippen molar-refractivity contribution in [1.29, 1.82) is 0 Å². The predicted octanol–water partition coefficient (Wildman–Crippen LogP) is 6.97. The summed E-state index contributed by atoms with van der Waals surface area (Å²) < 4.78 is 0. The van der Waals surface area contributed by atoms with Crippen molar-refractivity contribution in [3.63, 3.8) is 0 Å². The normalized spacial score (nSPS) is 12.6. The molecular formula is C26H38O2. The highest BCUT2D eigenvalue weighted by molar-refractivity contribution is 5.52. The highest BCUT2D eigenvalue weighted by Crippen LogP contribution is 2.41. The Labute approximate surface area is 171 Å². The van der Waals surface area contributed by atoms with Gasteiger partial charge < -0.3 is 10.2 Å². The van der Waals surface area contributed by atoms with Gasteiger partial charge in [-0.25, -0.2) is 0 Å². The van der Waals surface area contributed by atoms with Crippen LogP contribution in [0.5, 0.6) is 11.5 Å². The lowest BCUT2D eigenvalue weighted by molar-refractivity contribution is 0.440. The third kappa shape index (κ3) is 4.37. The minimum Gasteiger partial charge on any atom is -0.507 e. The Bertz CT molecular complexity index is 777. The molecule has 2 aromatic carbocycles. The summed E-state index contributed by atoms with van der Waals surface area (Å²) in [5, 5.41) is 21.5. The fraction of sp³-hybridized carbons (Fsp3) is 0.538. The second kappa shape index (κ2) is 7.81. The summed E-state index contributed by atoms with van der Waals surface area (Å²) >= 11 is 0. The Balaban J connectivity index is 2.68. The molecule has 0 aliphatic rings. The van der Waals surface area contributed by atoms with Gasteiger partial charge >= 0.3 is 0 Å². The molecule has 0 saturated carbocycles. The first-order valence-electron chi connectivity index (χ1n) is 10.5. The summed E-state index contributed by atoms with van der Waals surface area (Å²) in [7, 11) is 0. The van der Waals surface area contributed by atoms with Crippen LogP contribution in [-0.4, -0.2) is 10.2 Å². The maximum absolute atomic E-state index is 10.7. The molecule has 0 aromatic heterocycles. The molecule has 28 heavy (non-hydrogen) atoms. The van der Waals surface area contributed by atoms with Gasteiger partial charge in [-0.1, -0.05) is 86.6 Å². The van der Waals surface area contributed by atoms with Crippen LogP contribution < -0.4 is 0 Å². The van der Waals surface area contributed by atoms with E-state index in [0.717, 1.165) is 35.1 Å². The smallest absolute Gasteiger partial charge is 0.122 e. The Morgan fingerprint density at radius 2 is 1.00 bits per heavy atom. The minimum atomic E-state index is -0.121. The number of hydrogen-bond donors (Lipinski definition) is 2. The van der Waals surface area contributed by atoms with Crippen LogP contribution in [0.25, 0.3) is 0 Å². The first kappa shape index (κ1) is 22.3. The molecular weight excluding hydrogens is 344 g/mol. The molecule has 0 spiro atoms. The average Bonchev–Trinajstić information content (AvgIpc) is 2.59. The van der Waals surface area contributed by atoms with Crippen molar-refractivity contribution >= 4 is 0 Å². The minimum absolute atomic E-state index is 0.121. The number of phenols is 2. The summed E-state index contributed by atoms with van der Waals surface area (Å²) in [6.07, 6.45) is 1.61.